The van der Waals surface area contributed by atoms with Gasteiger partial charge in [-0.15, -0.1) is 0 Å². The SMILES string of the molecule is CCC(N)c1ccccc1OC1CCCC(S(C)(=O)=O)C1. The lowest BCUT2D eigenvalue weighted by Gasteiger charge is -2.29. The van der Waals surface area contributed by atoms with Crippen LogP contribution in [0.1, 0.15) is 50.6 Å². The van der Waals surface area contributed by atoms with Crippen molar-refractivity contribution in [3.05, 3.63) is 29.8 Å². The minimum Gasteiger partial charge on any atom is -0.490 e. The molecule has 0 bridgehead atoms. The molecule has 1 aliphatic rings. The number of ether oxygens (including phenoxy) is 1. The third-order valence-electron chi connectivity index (χ3n) is 4.24. The molecule has 0 saturated heterocycles. The van der Waals surface area contributed by atoms with Gasteiger partial charge in [-0.1, -0.05) is 25.1 Å². The molecule has 0 radical (unpaired) electrons. The van der Waals surface area contributed by atoms with Crippen LogP contribution >= 0.6 is 0 Å². The Bertz CT molecular complexity index is 571. The summed E-state index contributed by atoms with van der Waals surface area (Å²) in [6, 6.07) is 7.75. The first kappa shape index (κ1) is 16.3. The van der Waals surface area contributed by atoms with E-state index >= 15 is 0 Å². The van der Waals surface area contributed by atoms with Gasteiger partial charge in [0.2, 0.25) is 0 Å². The van der Waals surface area contributed by atoms with Crippen molar-refractivity contribution in [2.45, 2.75) is 56.4 Å². The molecular formula is C16H25NO3S. The first-order chi connectivity index (χ1) is 9.91. The highest BCUT2D eigenvalue weighted by Crippen LogP contribution is 2.31. The standard InChI is InChI=1S/C16H25NO3S/c1-3-15(17)14-9-4-5-10-16(14)20-12-7-6-8-13(11-12)21(2,18)19/h4-5,9-10,12-13,15H,3,6-8,11,17H2,1-2H3. The molecule has 1 fully saturated rings. The van der Waals surface area contributed by atoms with Crippen molar-refractivity contribution in [1.82, 2.24) is 0 Å². The normalized spacial score (nSPS) is 24.5. The number of sulfone groups is 1. The van der Waals surface area contributed by atoms with Crippen LogP contribution in [0.2, 0.25) is 0 Å². The fourth-order valence-electron chi connectivity index (χ4n) is 2.89. The van der Waals surface area contributed by atoms with Crippen LogP contribution in [-0.2, 0) is 9.84 Å². The molecule has 1 saturated carbocycles. The molecule has 0 aliphatic heterocycles. The Morgan fingerprint density at radius 3 is 2.71 bits per heavy atom. The number of rotatable bonds is 5. The lowest BCUT2D eigenvalue weighted by Crippen LogP contribution is -2.33. The summed E-state index contributed by atoms with van der Waals surface area (Å²) in [7, 11) is -2.99. The van der Waals surface area contributed by atoms with Gasteiger partial charge in [0.15, 0.2) is 0 Å². The predicted octanol–water partition coefficient (Wildman–Crippen LogP) is 2.83. The molecule has 3 atom stereocenters. The Balaban J connectivity index is 2.11. The minimum absolute atomic E-state index is 0.0383. The van der Waals surface area contributed by atoms with E-state index in [1.54, 1.807) is 0 Å². The highest BCUT2D eigenvalue weighted by Gasteiger charge is 2.30. The second-order valence-electron chi connectivity index (χ2n) is 5.91. The van der Waals surface area contributed by atoms with Gasteiger partial charge in [-0.2, -0.15) is 0 Å². The average Bonchev–Trinajstić information content (AvgIpc) is 2.46. The summed E-state index contributed by atoms with van der Waals surface area (Å²) in [5.74, 6) is 0.797. The van der Waals surface area contributed by atoms with E-state index in [4.69, 9.17) is 10.5 Å². The molecule has 0 amide bonds. The van der Waals surface area contributed by atoms with Crippen LogP contribution in [0.25, 0.3) is 0 Å². The fraction of sp³-hybridized carbons (Fsp3) is 0.625. The highest BCUT2D eigenvalue weighted by atomic mass is 32.2. The summed E-state index contributed by atoms with van der Waals surface area (Å²) in [5, 5.41) is -0.275. The van der Waals surface area contributed by atoms with Gasteiger partial charge in [-0.3, -0.25) is 0 Å². The summed E-state index contributed by atoms with van der Waals surface area (Å²) in [4.78, 5) is 0. The van der Waals surface area contributed by atoms with E-state index in [2.05, 4.69) is 0 Å². The van der Waals surface area contributed by atoms with E-state index in [0.717, 1.165) is 37.0 Å². The molecule has 21 heavy (non-hydrogen) atoms. The number of benzene rings is 1. The lowest BCUT2D eigenvalue weighted by atomic mass is 9.96. The molecule has 0 heterocycles. The largest absolute Gasteiger partial charge is 0.490 e. The molecular weight excluding hydrogens is 286 g/mol. The number of nitrogens with two attached hydrogens (primary N) is 1. The zero-order valence-corrected chi connectivity index (χ0v) is 13.6. The zero-order valence-electron chi connectivity index (χ0n) is 12.8. The second-order valence-corrected chi connectivity index (χ2v) is 8.24. The van der Waals surface area contributed by atoms with Gasteiger partial charge in [0.05, 0.1) is 11.4 Å². The van der Waals surface area contributed by atoms with Crippen LogP contribution in [0.5, 0.6) is 5.75 Å². The van der Waals surface area contributed by atoms with Crippen molar-refractivity contribution in [2.75, 3.05) is 6.26 Å². The van der Waals surface area contributed by atoms with Crippen LogP contribution in [0.3, 0.4) is 0 Å². The van der Waals surface area contributed by atoms with Gasteiger partial charge < -0.3 is 10.5 Å². The monoisotopic (exact) mass is 311 g/mol. The molecule has 1 aromatic rings. The van der Waals surface area contributed by atoms with E-state index in [-0.39, 0.29) is 17.4 Å². The maximum absolute atomic E-state index is 11.7. The van der Waals surface area contributed by atoms with E-state index in [1.165, 1.54) is 6.26 Å². The predicted molar refractivity (Wildman–Crippen MR) is 85.2 cm³/mol. The minimum atomic E-state index is -2.99. The quantitative estimate of drug-likeness (QED) is 0.908. The van der Waals surface area contributed by atoms with Gasteiger partial charge in [0.25, 0.3) is 0 Å². The third-order valence-corrected chi connectivity index (χ3v) is 5.87. The van der Waals surface area contributed by atoms with E-state index < -0.39 is 9.84 Å². The average molecular weight is 311 g/mol. The van der Waals surface area contributed by atoms with Crippen LogP contribution in [-0.4, -0.2) is 26.0 Å². The summed E-state index contributed by atoms with van der Waals surface area (Å²) in [6.07, 6.45) is 5.25. The maximum Gasteiger partial charge on any atom is 0.150 e. The molecule has 5 heteroatoms. The number of para-hydroxylation sites is 1. The van der Waals surface area contributed by atoms with Crippen molar-refractivity contribution in [3.63, 3.8) is 0 Å². The highest BCUT2D eigenvalue weighted by molar-refractivity contribution is 7.91. The van der Waals surface area contributed by atoms with Gasteiger partial charge in [-0.05, 0) is 31.7 Å². The first-order valence-electron chi connectivity index (χ1n) is 7.61. The number of hydrogen-bond acceptors (Lipinski definition) is 4. The smallest absolute Gasteiger partial charge is 0.150 e. The molecule has 1 aliphatic carbocycles. The fourth-order valence-corrected chi connectivity index (χ4v) is 4.05. The van der Waals surface area contributed by atoms with Crippen LogP contribution in [0.4, 0.5) is 0 Å². The zero-order chi connectivity index (χ0) is 15.5. The summed E-state index contributed by atoms with van der Waals surface area (Å²) in [5.41, 5.74) is 7.12. The lowest BCUT2D eigenvalue weighted by molar-refractivity contribution is 0.154. The van der Waals surface area contributed by atoms with Gasteiger partial charge >= 0.3 is 0 Å². The van der Waals surface area contributed by atoms with Crippen LogP contribution < -0.4 is 10.5 Å². The Hall–Kier alpha value is -1.07. The number of hydrogen-bond donors (Lipinski definition) is 1. The van der Waals surface area contributed by atoms with Gasteiger partial charge in [0, 0.05) is 24.3 Å². The Morgan fingerprint density at radius 2 is 2.05 bits per heavy atom. The molecule has 0 aromatic heterocycles. The van der Waals surface area contributed by atoms with E-state index in [0.29, 0.717) is 6.42 Å². The van der Waals surface area contributed by atoms with Gasteiger partial charge in [0.1, 0.15) is 15.6 Å². The van der Waals surface area contributed by atoms with Crippen molar-refractivity contribution < 1.29 is 13.2 Å². The van der Waals surface area contributed by atoms with Crippen molar-refractivity contribution in [3.8, 4) is 5.75 Å². The Morgan fingerprint density at radius 1 is 1.33 bits per heavy atom. The summed E-state index contributed by atoms with van der Waals surface area (Å²) in [6.45, 7) is 2.04. The molecule has 1 aromatic carbocycles. The second kappa shape index (κ2) is 6.79. The van der Waals surface area contributed by atoms with Crippen molar-refractivity contribution in [1.29, 1.82) is 0 Å². The molecule has 3 unspecified atom stereocenters. The van der Waals surface area contributed by atoms with E-state index in [9.17, 15) is 8.42 Å². The Kier molecular flexibility index (Phi) is 5.27. The van der Waals surface area contributed by atoms with Crippen LogP contribution in [0.15, 0.2) is 24.3 Å². The Labute approximate surface area is 127 Å². The topological polar surface area (TPSA) is 69.4 Å². The van der Waals surface area contributed by atoms with E-state index in [1.807, 2.05) is 31.2 Å². The van der Waals surface area contributed by atoms with Crippen molar-refractivity contribution in [2.24, 2.45) is 5.73 Å². The maximum atomic E-state index is 11.7. The van der Waals surface area contributed by atoms with Gasteiger partial charge in [-0.25, -0.2) is 8.42 Å². The molecule has 118 valence electrons. The third kappa shape index (κ3) is 4.20. The summed E-state index contributed by atoms with van der Waals surface area (Å²) < 4.78 is 29.6. The molecule has 2 N–H and O–H groups in total. The molecule has 0 spiro atoms. The van der Waals surface area contributed by atoms with Crippen LogP contribution in [0, 0.1) is 0 Å². The van der Waals surface area contributed by atoms with Crippen molar-refractivity contribution >= 4 is 9.84 Å². The molecule has 2 rings (SSSR count). The first-order valence-corrected chi connectivity index (χ1v) is 9.57. The molecule has 4 nitrogen and oxygen atoms in total. The summed E-state index contributed by atoms with van der Waals surface area (Å²) >= 11 is 0.